The minimum atomic E-state index is -4.32. The second-order valence-corrected chi connectivity index (χ2v) is 8.38. The van der Waals surface area contributed by atoms with Gasteiger partial charge in [-0.2, -0.15) is 0 Å². The maximum Gasteiger partial charge on any atom is 0.335 e. The molecule has 0 unspecified atom stereocenters. The van der Waals surface area contributed by atoms with Gasteiger partial charge in [0.15, 0.2) is 5.75 Å². The molecule has 1 amide bonds. The molecule has 10 heteroatoms. The van der Waals surface area contributed by atoms with Gasteiger partial charge in [0, 0.05) is 19.2 Å². The molecule has 3 rings (SSSR count). The smallest absolute Gasteiger partial charge is 0.335 e. The Morgan fingerprint density at radius 1 is 1.03 bits per heavy atom. The van der Waals surface area contributed by atoms with Crippen molar-refractivity contribution in [3.05, 3.63) is 77.9 Å². The molecule has 0 aliphatic carbocycles. The van der Waals surface area contributed by atoms with Crippen LogP contribution in [0.1, 0.15) is 22.8 Å². The first-order chi connectivity index (χ1) is 15.1. The number of carboxylic acids is 1. The van der Waals surface area contributed by atoms with Crippen LogP contribution in [0.15, 0.2) is 71.6 Å². The summed E-state index contributed by atoms with van der Waals surface area (Å²) in [5, 5.41) is 20.4. The molecule has 0 aromatic heterocycles. The lowest BCUT2D eigenvalue weighted by molar-refractivity contribution is -0.114. The van der Waals surface area contributed by atoms with E-state index in [0.29, 0.717) is 5.69 Å². The number of nitrogens with two attached hydrogens (primary N) is 1. The second kappa shape index (κ2) is 9.50. The van der Waals surface area contributed by atoms with Crippen LogP contribution in [0.4, 0.5) is 11.4 Å². The van der Waals surface area contributed by atoms with Gasteiger partial charge in [0.25, 0.3) is 0 Å². The average molecular weight is 455 g/mol. The van der Waals surface area contributed by atoms with Crippen molar-refractivity contribution in [3.63, 3.8) is 0 Å². The molecule has 0 radical (unpaired) electrons. The number of amides is 1. The maximum atomic E-state index is 12.3. The highest BCUT2D eigenvalue weighted by Gasteiger charge is 2.23. The molecule has 9 nitrogen and oxygen atoms in total. The van der Waals surface area contributed by atoms with Crippen LogP contribution in [0, 0.1) is 0 Å². The molecule has 0 saturated carbocycles. The zero-order valence-corrected chi connectivity index (χ0v) is 17.8. The summed E-state index contributed by atoms with van der Waals surface area (Å²) >= 11 is 0. The predicted molar refractivity (Wildman–Crippen MR) is 119 cm³/mol. The fraction of sp³-hybridized carbons (Fsp3) is 0.0909. The van der Waals surface area contributed by atoms with Crippen LogP contribution in [0.3, 0.4) is 0 Å². The predicted octanol–water partition coefficient (Wildman–Crippen LogP) is 3.40. The molecule has 0 saturated heterocycles. The van der Waals surface area contributed by atoms with Crippen molar-refractivity contribution in [2.75, 3.05) is 10.6 Å². The Bertz CT molecular complexity index is 1240. The number of sulfonamides is 1. The van der Waals surface area contributed by atoms with Crippen molar-refractivity contribution in [2.45, 2.75) is 18.4 Å². The van der Waals surface area contributed by atoms with Crippen LogP contribution >= 0.6 is 0 Å². The maximum absolute atomic E-state index is 12.3. The molecule has 0 bridgehead atoms. The Labute approximate surface area is 184 Å². The van der Waals surface area contributed by atoms with Crippen LogP contribution in [-0.4, -0.2) is 25.4 Å². The summed E-state index contributed by atoms with van der Waals surface area (Å²) in [6.07, 6.45) is 0. The highest BCUT2D eigenvalue weighted by Crippen LogP contribution is 2.37. The summed E-state index contributed by atoms with van der Waals surface area (Å²) in [6.45, 7) is 1.66. The van der Waals surface area contributed by atoms with E-state index in [1.54, 1.807) is 12.1 Å². The van der Waals surface area contributed by atoms with Gasteiger partial charge >= 0.3 is 5.97 Å². The largest absolute Gasteiger partial charge is 0.478 e. The van der Waals surface area contributed by atoms with Gasteiger partial charge in [-0.1, -0.05) is 30.3 Å². The first-order valence-electron chi connectivity index (χ1n) is 9.41. The third kappa shape index (κ3) is 5.84. The van der Waals surface area contributed by atoms with Crippen LogP contribution in [0.5, 0.6) is 11.5 Å². The third-order valence-electron chi connectivity index (χ3n) is 4.33. The number of carbonyl (C=O) groups is 2. The fourth-order valence-electron chi connectivity index (χ4n) is 2.89. The molecule has 0 fully saturated rings. The average Bonchev–Trinajstić information content (AvgIpc) is 2.73. The lowest BCUT2D eigenvalue weighted by Gasteiger charge is -2.17. The molecule has 3 aromatic rings. The molecule has 5 N–H and O–H groups in total. The summed E-state index contributed by atoms with van der Waals surface area (Å²) in [7, 11) is -4.32. The highest BCUT2D eigenvalue weighted by atomic mass is 32.2. The number of carbonyl (C=O) groups excluding carboxylic acids is 1. The first kappa shape index (κ1) is 22.8. The number of hydrogen-bond acceptors (Lipinski definition) is 6. The summed E-state index contributed by atoms with van der Waals surface area (Å²) in [6, 6.07) is 17.7. The highest BCUT2D eigenvalue weighted by molar-refractivity contribution is 7.89. The quantitative estimate of drug-likeness (QED) is 0.407. The SMILES string of the molecule is CC(=O)Nc1ccc(Oc2c(NCc3ccccc3)cc(C(=O)O)cc2S(N)(=O)=O)cc1. The van der Waals surface area contributed by atoms with Gasteiger partial charge in [0.2, 0.25) is 15.9 Å². The minimum Gasteiger partial charge on any atom is -0.478 e. The van der Waals surface area contributed by atoms with E-state index in [1.165, 1.54) is 25.1 Å². The van der Waals surface area contributed by atoms with Crippen molar-refractivity contribution in [3.8, 4) is 11.5 Å². The van der Waals surface area contributed by atoms with Gasteiger partial charge in [-0.25, -0.2) is 18.4 Å². The number of hydrogen-bond donors (Lipinski definition) is 4. The van der Waals surface area contributed by atoms with E-state index in [9.17, 15) is 23.1 Å². The fourth-order valence-corrected chi connectivity index (χ4v) is 3.60. The van der Waals surface area contributed by atoms with Crippen molar-refractivity contribution in [1.82, 2.24) is 0 Å². The monoisotopic (exact) mass is 455 g/mol. The van der Waals surface area contributed by atoms with Crippen LogP contribution in [0.2, 0.25) is 0 Å². The van der Waals surface area contributed by atoms with E-state index in [4.69, 9.17) is 9.88 Å². The minimum absolute atomic E-state index is 0.138. The summed E-state index contributed by atoms with van der Waals surface area (Å²) in [5.74, 6) is -1.44. The molecule has 0 aliphatic heterocycles. The van der Waals surface area contributed by atoms with Gasteiger partial charge in [0.1, 0.15) is 10.6 Å². The lowest BCUT2D eigenvalue weighted by atomic mass is 10.1. The molecule has 166 valence electrons. The third-order valence-corrected chi connectivity index (χ3v) is 5.25. The van der Waals surface area contributed by atoms with Gasteiger partial charge in [-0.3, -0.25) is 4.79 Å². The van der Waals surface area contributed by atoms with E-state index in [2.05, 4.69) is 10.6 Å². The summed E-state index contributed by atoms with van der Waals surface area (Å²) in [5.41, 5.74) is 1.29. The van der Waals surface area contributed by atoms with Crippen molar-refractivity contribution >= 4 is 33.3 Å². The van der Waals surface area contributed by atoms with Gasteiger partial charge in [0.05, 0.1) is 11.3 Å². The van der Waals surface area contributed by atoms with Crippen molar-refractivity contribution in [2.24, 2.45) is 5.14 Å². The summed E-state index contributed by atoms with van der Waals surface area (Å²) in [4.78, 5) is 22.3. The van der Waals surface area contributed by atoms with E-state index in [1.807, 2.05) is 30.3 Å². The number of aromatic carboxylic acids is 1. The number of anilines is 2. The molecular formula is C22H21N3O6S. The van der Waals surface area contributed by atoms with Crippen LogP contribution in [-0.2, 0) is 21.4 Å². The zero-order valence-electron chi connectivity index (χ0n) is 17.0. The van der Waals surface area contributed by atoms with Gasteiger partial charge in [-0.15, -0.1) is 0 Å². The van der Waals surface area contributed by atoms with E-state index >= 15 is 0 Å². The van der Waals surface area contributed by atoms with Crippen molar-refractivity contribution < 1.29 is 27.9 Å². The summed E-state index contributed by atoms with van der Waals surface area (Å²) < 4.78 is 30.3. The molecule has 0 spiro atoms. The number of primary sulfonamides is 1. The standard InChI is InChI=1S/C22H21N3O6S/c1-14(26)25-17-7-9-18(10-8-17)31-21-19(24-13-15-5-3-2-4-6-15)11-16(22(27)28)12-20(21)32(23,29)30/h2-12,24H,13H2,1H3,(H,25,26)(H,27,28)(H2,23,29,30). The molecule has 0 atom stereocenters. The number of ether oxygens (including phenoxy) is 1. The molecule has 32 heavy (non-hydrogen) atoms. The first-order valence-corrected chi connectivity index (χ1v) is 11.0. The number of nitrogens with one attached hydrogen (secondary N) is 2. The second-order valence-electron chi connectivity index (χ2n) is 6.85. The molecular weight excluding hydrogens is 434 g/mol. The Morgan fingerprint density at radius 3 is 2.25 bits per heavy atom. The van der Waals surface area contributed by atoms with Crippen molar-refractivity contribution in [1.29, 1.82) is 0 Å². The number of carboxylic acid groups (broad SMARTS) is 1. The normalized spacial score (nSPS) is 10.9. The van der Waals surface area contributed by atoms with E-state index < -0.39 is 20.9 Å². The Balaban J connectivity index is 2.04. The zero-order chi connectivity index (χ0) is 23.3. The van der Waals surface area contributed by atoms with E-state index in [0.717, 1.165) is 11.6 Å². The number of benzene rings is 3. The molecule has 0 heterocycles. The van der Waals surface area contributed by atoms with E-state index in [-0.39, 0.29) is 35.2 Å². The number of rotatable bonds is 8. The molecule has 3 aromatic carbocycles. The Hall–Kier alpha value is -3.89. The Kier molecular flexibility index (Phi) is 6.76. The van der Waals surface area contributed by atoms with Crippen LogP contribution < -0.4 is 20.5 Å². The van der Waals surface area contributed by atoms with Gasteiger partial charge in [-0.05, 0) is 42.0 Å². The lowest BCUT2D eigenvalue weighted by Crippen LogP contribution is -2.16. The molecule has 0 aliphatic rings. The van der Waals surface area contributed by atoms with Crippen LogP contribution in [0.25, 0.3) is 0 Å². The van der Waals surface area contributed by atoms with Gasteiger partial charge < -0.3 is 20.5 Å². The topological polar surface area (TPSA) is 148 Å². The Morgan fingerprint density at radius 2 is 1.69 bits per heavy atom.